The molecule has 4 aromatic rings. The van der Waals surface area contributed by atoms with Gasteiger partial charge in [0.2, 0.25) is 0 Å². The lowest BCUT2D eigenvalue weighted by Crippen LogP contribution is -1.97. The molecule has 0 saturated heterocycles. The second-order valence-electron chi connectivity index (χ2n) is 5.77. The zero-order valence-electron chi connectivity index (χ0n) is 13.5. The lowest BCUT2D eigenvalue weighted by molar-refractivity contribution is 0.475. The van der Waals surface area contributed by atoms with Gasteiger partial charge in [-0.3, -0.25) is 4.98 Å². The van der Waals surface area contributed by atoms with Gasteiger partial charge in [-0.05, 0) is 42.8 Å². The van der Waals surface area contributed by atoms with Crippen LogP contribution in [0.25, 0.3) is 33.3 Å². The van der Waals surface area contributed by atoms with E-state index in [1.165, 1.54) is 16.5 Å². The minimum atomic E-state index is 0.279. The fraction of sp³-hybridized carbons (Fsp3) is 0.0952. The summed E-state index contributed by atoms with van der Waals surface area (Å²) in [7, 11) is 0. The molecule has 0 amide bonds. The first kappa shape index (κ1) is 14.5. The first-order valence-electron chi connectivity index (χ1n) is 8.10. The Morgan fingerprint density at radius 3 is 2.42 bits per heavy atom. The van der Waals surface area contributed by atoms with Gasteiger partial charge >= 0.3 is 0 Å². The highest BCUT2D eigenvalue weighted by Crippen LogP contribution is 2.40. The van der Waals surface area contributed by atoms with E-state index in [4.69, 9.17) is 0 Å². The van der Waals surface area contributed by atoms with Crippen LogP contribution in [0, 0.1) is 0 Å². The maximum Gasteiger partial charge on any atom is 0.115 e. The van der Waals surface area contributed by atoms with Crippen molar-refractivity contribution >= 4 is 10.9 Å². The van der Waals surface area contributed by atoms with Crippen molar-refractivity contribution in [1.29, 1.82) is 0 Å². The van der Waals surface area contributed by atoms with E-state index < -0.39 is 0 Å². The molecule has 0 aliphatic rings. The molecule has 0 aliphatic carbocycles. The number of aromatic hydroxyl groups is 1. The van der Waals surface area contributed by atoms with Gasteiger partial charge in [-0.25, -0.2) is 0 Å². The van der Waals surface area contributed by atoms with Crippen molar-refractivity contribution in [3.63, 3.8) is 0 Å². The number of para-hydroxylation sites is 1. The van der Waals surface area contributed by atoms with Gasteiger partial charge in [-0.15, -0.1) is 0 Å². The molecule has 3 nitrogen and oxygen atoms in total. The molecule has 0 radical (unpaired) electrons. The molecule has 2 heterocycles. The fourth-order valence-corrected chi connectivity index (χ4v) is 3.36. The molecule has 0 atom stereocenters. The number of pyridine rings is 1. The molecule has 0 bridgehead atoms. The van der Waals surface area contributed by atoms with Crippen LogP contribution in [-0.2, 0) is 6.54 Å². The molecule has 0 aliphatic heterocycles. The van der Waals surface area contributed by atoms with Crippen LogP contribution in [0.4, 0.5) is 0 Å². The quantitative estimate of drug-likeness (QED) is 0.571. The Labute approximate surface area is 140 Å². The summed E-state index contributed by atoms with van der Waals surface area (Å²) in [4.78, 5) is 4.30. The number of nitrogens with zero attached hydrogens (tertiary/aromatic N) is 2. The van der Waals surface area contributed by atoms with Crippen LogP contribution in [0.1, 0.15) is 6.92 Å². The third-order valence-electron chi connectivity index (χ3n) is 4.38. The average molecular weight is 314 g/mol. The van der Waals surface area contributed by atoms with Crippen LogP contribution in [0.3, 0.4) is 0 Å². The van der Waals surface area contributed by atoms with Gasteiger partial charge < -0.3 is 9.67 Å². The van der Waals surface area contributed by atoms with Crippen molar-refractivity contribution in [3.8, 4) is 28.1 Å². The molecule has 0 unspecified atom stereocenters. The standard InChI is InChI=1S/C21H18N2O/c1-2-23-19-8-4-3-7-18(19)20(15-9-11-17(24)12-10-15)21(23)16-6-5-13-22-14-16/h3-14,24H,2H2,1H3. The Bertz CT molecular complexity index is 986. The molecule has 2 aromatic carbocycles. The molecule has 2 aromatic heterocycles. The van der Waals surface area contributed by atoms with Gasteiger partial charge in [-0.2, -0.15) is 0 Å². The summed E-state index contributed by atoms with van der Waals surface area (Å²) in [6.45, 7) is 3.04. The smallest absolute Gasteiger partial charge is 0.115 e. The van der Waals surface area contributed by atoms with Gasteiger partial charge in [0.15, 0.2) is 0 Å². The van der Waals surface area contributed by atoms with Crippen LogP contribution in [-0.4, -0.2) is 14.7 Å². The summed E-state index contributed by atoms with van der Waals surface area (Å²) in [6, 6.07) is 19.9. The minimum Gasteiger partial charge on any atom is -0.508 e. The summed E-state index contributed by atoms with van der Waals surface area (Å²) >= 11 is 0. The minimum absolute atomic E-state index is 0.279. The maximum atomic E-state index is 9.64. The topological polar surface area (TPSA) is 38.0 Å². The maximum absolute atomic E-state index is 9.64. The fourth-order valence-electron chi connectivity index (χ4n) is 3.36. The van der Waals surface area contributed by atoms with Crippen molar-refractivity contribution in [1.82, 2.24) is 9.55 Å². The summed E-state index contributed by atoms with van der Waals surface area (Å²) < 4.78 is 2.33. The number of fused-ring (bicyclic) bond motifs is 1. The lowest BCUT2D eigenvalue weighted by atomic mass is 9.99. The molecule has 3 heteroatoms. The molecule has 0 spiro atoms. The average Bonchev–Trinajstić information content (AvgIpc) is 2.97. The third kappa shape index (κ3) is 2.26. The van der Waals surface area contributed by atoms with E-state index in [0.717, 1.165) is 23.4 Å². The second kappa shape index (κ2) is 5.85. The monoisotopic (exact) mass is 314 g/mol. The summed E-state index contributed by atoms with van der Waals surface area (Å²) in [6.07, 6.45) is 3.70. The number of phenolic OH excluding ortho intramolecular Hbond substituents is 1. The third-order valence-corrected chi connectivity index (χ3v) is 4.38. The Kier molecular flexibility index (Phi) is 3.54. The predicted octanol–water partition coefficient (Wildman–Crippen LogP) is 5.10. The van der Waals surface area contributed by atoms with Crippen molar-refractivity contribution in [2.45, 2.75) is 13.5 Å². The van der Waals surface area contributed by atoms with E-state index in [1.807, 2.05) is 24.4 Å². The zero-order chi connectivity index (χ0) is 16.5. The summed E-state index contributed by atoms with van der Waals surface area (Å²) in [5, 5.41) is 10.9. The van der Waals surface area contributed by atoms with Gasteiger partial charge in [0.25, 0.3) is 0 Å². The SMILES string of the molecule is CCn1c(-c2cccnc2)c(-c2ccc(O)cc2)c2ccccc21. The molecule has 4 rings (SSSR count). The first-order valence-corrected chi connectivity index (χ1v) is 8.10. The summed E-state index contributed by atoms with van der Waals surface area (Å²) in [5.74, 6) is 0.279. The van der Waals surface area contributed by atoms with Gasteiger partial charge in [-0.1, -0.05) is 30.3 Å². The molecular formula is C21H18N2O. The normalized spacial score (nSPS) is 11.0. The van der Waals surface area contributed by atoms with E-state index in [0.29, 0.717) is 0 Å². The summed E-state index contributed by atoms with van der Waals surface area (Å²) in [5.41, 5.74) is 5.74. The Morgan fingerprint density at radius 2 is 1.71 bits per heavy atom. The molecule has 0 saturated carbocycles. The first-order chi connectivity index (χ1) is 11.8. The number of aryl methyl sites for hydroxylation is 1. The molecule has 24 heavy (non-hydrogen) atoms. The van der Waals surface area contributed by atoms with E-state index in [1.54, 1.807) is 18.3 Å². The molecule has 1 N–H and O–H groups in total. The van der Waals surface area contributed by atoms with Crippen LogP contribution in [0.5, 0.6) is 5.75 Å². The van der Waals surface area contributed by atoms with Gasteiger partial charge in [0, 0.05) is 41.0 Å². The Balaban J connectivity index is 2.12. The highest BCUT2D eigenvalue weighted by Gasteiger charge is 2.19. The lowest BCUT2D eigenvalue weighted by Gasteiger charge is -2.10. The van der Waals surface area contributed by atoms with Crippen molar-refractivity contribution < 1.29 is 5.11 Å². The van der Waals surface area contributed by atoms with Crippen LogP contribution < -0.4 is 0 Å². The van der Waals surface area contributed by atoms with Crippen LogP contribution in [0.15, 0.2) is 73.1 Å². The number of aromatic nitrogens is 2. The number of benzene rings is 2. The van der Waals surface area contributed by atoms with Gasteiger partial charge in [0.05, 0.1) is 5.69 Å². The second-order valence-corrected chi connectivity index (χ2v) is 5.77. The molecular weight excluding hydrogens is 296 g/mol. The number of hydrogen-bond acceptors (Lipinski definition) is 2. The Morgan fingerprint density at radius 1 is 0.917 bits per heavy atom. The largest absolute Gasteiger partial charge is 0.508 e. The predicted molar refractivity (Wildman–Crippen MR) is 97.9 cm³/mol. The van der Waals surface area contributed by atoms with Crippen LogP contribution >= 0.6 is 0 Å². The molecule has 0 fully saturated rings. The van der Waals surface area contributed by atoms with Crippen molar-refractivity contribution in [2.75, 3.05) is 0 Å². The van der Waals surface area contributed by atoms with Crippen LogP contribution in [0.2, 0.25) is 0 Å². The van der Waals surface area contributed by atoms with Crippen molar-refractivity contribution in [2.24, 2.45) is 0 Å². The van der Waals surface area contributed by atoms with Crippen molar-refractivity contribution in [3.05, 3.63) is 73.1 Å². The Hall–Kier alpha value is -3.07. The number of phenols is 1. The highest BCUT2D eigenvalue weighted by molar-refractivity contribution is 6.04. The van der Waals surface area contributed by atoms with E-state index >= 15 is 0 Å². The van der Waals surface area contributed by atoms with E-state index in [2.05, 4.69) is 46.8 Å². The van der Waals surface area contributed by atoms with E-state index in [9.17, 15) is 5.11 Å². The number of hydrogen-bond donors (Lipinski definition) is 1. The van der Waals surface area contributed by atoms with Gasteiger partial charge in [0.1, 0.15) is 5.75 Å². The van der Waals surface area contributed by atoms with E-state index in [-0.39, 0.29) is 5.75 Å². The zero-order valence-corrected chi connectivity index (χ0v) is 13.5. The number of rotatable bonds is 3. The molecule has 118 valence electrons. The highest BCUT2D eigenvalue weighted by atomic mass is 16.3.